The molecule has 0 aliphatic heterocycles. The molecule has 3 N–H and O–H groups in total. The zero-order valence-corrected chi connectivity index (χ0v) is 23.7. The number of nitrogens with zero attached hydrogens (tertiary/aromatic N) is 1. The Morgan fingerprint density at radius 1 is 0.676 bits per heavy atom. The first-order valence-corrected chi connectivity index (χ1v) is 14.7. The van der Waals surface area contributed by atoms with Crippen molar-refractivity contribution >= 4 is 17.9 Å². The maximum absolute atomic E-state index is 11.8. The normalized spacial score (nSPS) is 11.7. The summed E-state index contributed by atoms with van der Waals surface area (Å²) < 4.78 is 5.36. The Balaban J connectivity index is 3.85. The van der Waals surface area contributed by atoms with Crippen LogP contribution >= 0.6 is 0 Å². The number of carboxylic acids is 2. The average molecular weight is 530 g/mol. The van der Waals surface area contributed by atoms with Crippen LogP contribution in [0.25, 0.3) is 0 Å². The molecule has 8 nitrogen and oxygen atoms in total. The zero-order valence-electron chi connectivity index (χ0n) is 23.7. The van der Waals surface area contributed by atoms with Crippen molar-refractivity contribution in [2.24, 2.45) is 5.41 Å². The van der Waals surface area contributed by atoms with Crippen LogP contribution in [-0.4, -0.2) is 71.0 Å². The zero-order chi connectivity index (χ0) is 27.8. The van der Waals surface area contributed by atoms with Crippen LogP contribution < -0.4 is 0 Å². The standard InChI is InChI=1S/C29H55NO7/c1-3-4-5-6-7-8-13-19-26(32)37-25-17-12-11-16-22-30(23-18-24-31)21-15-10-9-14-20-29(2,27(33)34)28(35)36/h31H,3-25H2,1-2H3,(H,33,34)(H,35,36). The van der Waals surface area contributed by atoms with E-state index in [2.05, 4.69) is 11.8 Å². The van der Waals surface area contributed by atoms with Gasteiger partial charge in [-0.05, 0) is 58.5 Å². The van der Waals surface area contributed by atoms with Crippen LogP contribution in [-0.2, 0) is 19.1 Å². The first-order chi connectivity index (χ1) is 17.8. The number of carbonyl (C=O) groups is 3. The van der Waals surface area contributed by atoms with Gasteiger partial charge in [-0.3, -0.25) is 14.4 Å². The fourth-order valence-corrected chi connectivity index (χ4v) is 4.38. The predicted octanol–water partition coefficient (Wildman–Crippen LogP) is 6.04. The summed E-state index contributed by atoms with van der Waals surface area (Å²) in [5.74, 6) is -2.63. The highest BCUT2D eigenvalue weighted by Gasteiger charge is 2.40. The number of carboxylic acid groups (broad SMARTS) is 2. The Kier molecular flexibility index (Phi) is 22.4. The number of ether oxygens (including phenoxy) is 1. The molecule has 0 rings (SSSR count). The number of hydrogen-bond donors (Lipinski definition) is 3. The van der Waals surface area contributed by atoms with E-state index in [1.165, 1.54) is 39.0 Å². The van der Waals surface area contributed by atoms with E-state index in [1.807, 2.05) is 0 Å². The van der Waals surface area contributed by atoms with Crippen LogP contribution in [0.3, 0.4) is 0 Å². The van der Waals surface area contributed by atoms with E-state index >= 15 is 0 Å². The Bertz CT molecular complexity index is 583. The molecule has 0 spiro atoms. The van der Waals surface area contributed by atoms with Crippen molar-refractivity contribution in [3.63, 3.8) is 0 Å². The summed E-state index contributed by atoms with van der Waals surface area (Å²) in [6.45, 7) is 6.90. The second kappa shape index (κ2) is 23.4. The smallest absolute Gasteiger partial charge is 0.320 e. The first kappa shape index (κ1) is 35.3. The van der Waals surface area contributed by atoms with Gasteiger partial charge in [-0.25, -0.2) is 0 Å². The minimum Gasteiger partial charge on any atom is -0.480 e. The fraction of sp³-hybridized carbons (Fsp3) is 0.897. The molecule has 8 heteroatoms. The van der Waals surface area contributed by atoms with E-state index in [0.29, 0.717) is 19.4 Å². The van der Waals surface area contributed by atoms with Gasteiger partial charge in [0.1, 0.15) is 0 Å². The molecule has 0 radical (unpaired) electrons. The maximum Gasteiger partial charge on any atom is 0.320 e. The fourth-order valence-electron chi connectivity index (χ4n) is 4.38. The molecule has 0 saturated heterocycles. The van der Waals surface area contributed by atoms with Crippen LogP contribution in [0.5, 0.6) is 0 Å². The molecular weight excluding hydrogens is 474 g/mol. The van der Waals surface area contributed by atoms with E-state index in [9.17, 15) is 29.7 Å². The van der Waals surface area contributed by atoms with Crippen LogP contribution in [0, 0.1) is 5.41 Å². The second-order valence-corrected chi connectivity index (χ2v) is 10.5. The molecule has 0 aromatic rings. The van der Waals surface area contributed by atoms with Crippen LogP contribution in [0.1, 0.15) is 129 Å². The third-order valence-electron chi connectivity index (χ3n) is 7.09. The quantitative estimate of drug-likeness (QED) is 0.0668. The van der Waals surface area contributed by atoms with Gasteiger partial charge in [-0.15, -0.1) is 0 Å². The molecule has 0 amide bonds. The highest BCUT2D eigenvalue weighted by molar-refractivity contribution is 5.97. The molecule has 0 aliphatic carbocycles. The van der Waals surface area contributed by atoms with Crippen molar-refractivity contribution in [2.45, 2.75) is 129 Å². The topological polar surface area (TPSA) is 124 Å². The summed E-state index contributed by atoms with van der Waals surface area (Å²) in [5, 5.41) is 27.5. The summed E-state index contributed by atoms with van der Waals surface area (Å²) in [4.78, 5) is 36.7. The van der Waals surface area contributed by atoms with Gasteiger partial charge in [0.25, 0.3) is 0 Å². The number of aliphatic hydroxyl groups is 1. The molecule has 37 heavy (non-hydrogen) atoms. The summed E-state index contributed by atoms with van der Waals surface area (Å²) in [6.07, 6.45) is 17.1. The van der Waals surface area contributed by atoms with Crippen molar-refractivity contribution < 1.29 is 34.4 Å². The van der Waals surface area contributed by atoms with E-state index in [1.54, 1.807) is 0 Å². The van der Waals surface area contributed by atoms with Crippen molar-refractivity contribution in [3.8, 4) is 0 Å². The molecule has 0 fully saturated rings. The van der Waals surface area contributed by atoms with E-state index < -0.39 is 17.4 Å². The molecule has 218 valence electrons. The van der Waals surface area contributed by atoms with Crippen LogP contribution in [0.2, 0.25) is 0 Å². The van der Waals surface area contributed by atoms with Gasteiger partial charge >= 0.3 is 17.9 Å². The molecule has 0 aliphatic rings. The predicted molar refractivity (Wildman–Crippen MR) is 147 cm³/mol. The summed E-state index contributed by atoms with van der Waals surface area (Å²) in [7, 11) is 0. The lowest BCUT2D eigenvalue weighted by atomic mass is 9.85. The lowest BCUT2D eigenvalue weighted by Crippen LogP contribution is -2.36. The van der Waals surface area contributed by atoms with E-state index in [4.69, 9.17) is 4.74 Å². The molecule has 0 bridgehead atoms. The summed E-state index contributed by atoms with van der Waals surface area (Å²) >= 11 is 0. The maximum atomic E-state index is 11.8. The van der Waals surface area contributed by atoms with Gasteiger partial charge in [0.05, 0.1) is 6.61 Å². The highest BCUT2D eigenvalue weighted by atomic mass is 16.5. The number of unbranched alkanes of at least 4 members (excludes halogenated alkanes) is 12. The lowest BCUT2D eigenvalue weighted by molar-refractivity contribution is -0.163. The average Bonchev–Trinajstić information content (AvgIpc) is 2.87. The number of rotatable bonds is 27. The molecule has 0 aromatic heterocycles. The van der Waals surface area contributed by atoms with E-state index in [0.717, 1.165) is 83.8 Å². The summed E-state index contributed by atoms with van der Waals surface area (Å²) in [6, 6.07) is 0. The van der Waals surface area contributed by atoms with Gasteiger partial charge in [0.2, 0.25) is 0 Å². The lowest BCUT2D eigenvalue weighted by Gasteiger charge is -2.22. The Hall–Kier alpha value is -1.67. The van der Waals surface area contributed by atoms with Gasteiger partial charge in [-0.1, -0.05) is 77.6 Å². The molecular formula is C29H55NO7. The van der Waals surface area contributed by atoms with Crippen molar-refractivity contribution in [2.75, 3.05) is 32.8 Å². The molecule has 0 heterocycles. The van der Waals surface area contributed by atoms with Gasteiger partial charge in [-0.2, -0.15) is 0 Å². The molecule has 0 aromatic carbocycles. The Labute approximate surface area is 225 Å². The summed E-state index contributed by atoms with van der Waals surface area (Å²) in [5.41, 5.74) is -1.71. The SMILES string of the molecule is CCCCCCCCCC(=O)OCCCCCCN(CCCO)CCCCCCC(C)(C(=O)O)C(=O)O. The minimum atomic E-state index is -1.71. The number of carbonyl (C=O) groups excluding carboxylic acids is 1. The number of aliphatic carboxylic acids is 2. The second-order valence-electron chi connectivity index (χ2n) is 10.5. The number of aliphatic hydroxyl groups excluding tert-OH is 1. The third-order valence-corrected chi connectivity index (χ3v) is 7.09. The van der Waals surface area contributed by atoms with E-state index in [-0.39, 0.29) is 19.0 Å². The number of hydrogen-bond acceptors (Lipinski definition) is 6. The first-order valence-electron chi connectivity index (χ1n) is 14.7. The van der Waals surface area contributed by atoms with Gasteiger partial charge in [0.15, 0.2) is 5.41 Å². The van der Waals surface area contributed by atoms with Crippen molar-refractivity contribution in [3.05, 3.63) is 0 Å². The molecule has 0 saturated carbocycles. The molecule has 0 unspecified atom stereocenters. The highest BCUT2D eigenvalue weighted by Crippen LogP contribution is 2.25. The third kappa shape index (κ3) is 19.1. The molecule has 0 atom stereocenters. The Morgan fingerprint density at radius 2 is 1.16 bits per heavy atom. The van der Waals surface area contributed by atoms with Crippen LogP contribution in [0.4, 0.5) is 0 Å². The van der Waals surface area contributed by atoms with Crippen molar-refractivity contribution in [1.82, 2.24) is 4.90 Å². The Morgan fingerprint density at radius 3 is 1.73 bits per heavy atom. The van der Waals surface area contributed by atoms with Crippen molar-refractivity contribution in [1.29, 1.82) is 0 Å². The van der Waals surface area contributed by atoms with Crippen LogP contribution in [0.15, 0.2) is 0 Å². The number of esters is 1. The van der Waals surface area contributed by atoms with Gasteiger partial charge < -0.3 is 25.0 Å². The monoisotopic (exact) mass is 529 g/mol. The van der Waals surface area contributed by atoms with Gasteiger partial charge in [0, 0.05) is 19.6 Å². The largest absolute Gasteiger partial charge is 0.480 e. The minimum absolute atomic E-state index is 0.0701.